The zero-order valence-electron chi connectivity index (χ0n) is 9.62. The summed E-state index contributed by atoms with van der Waals surface area (Å²) in [4.78, 5) is 11.1. The van der Waals surface area contributed by atoms with Crippen molar-refractivity contribution in [3.8, 4) is 0 Å². The molecule has 0 N–H and O–H groups in total. The van der Waals surface area contributed by atoms with Crippen molar-refractivity contribution in [1.29, 1.82) is 0 Å². The number of thioether (sulfide) groups is 1. The number of Topliss-reactive ketones (excluding diaryl/α,β-unsaturated/α-hetero) is 1. The summed E-state index contributed by atoms with van der Waals surface area (Å²) in [6.07, 6.45) is 2.33. The lowest BCUT2D eigenvalue weighted by atomic mass is 10.2. The Bertz CT molecular complexity index is 333. The Kier molecular flexibility index (Phi) is 4.88. The Balaban J connectivity index is 2.26. The second kappa shape index (κ2) is 5.95. The zero-order valence-corrected chi connectivity index (χ0v) is 10.4. The van der Waals surface area contributed by atoms with Crippen molar-refractivity contribution < 1.29 is 4.79 Å². The molecule has 0 aromatic carbocycles. The molecule has 0 radical (unpaired) electrons. The van der Waals surface area contributed by atoms with Crippen LogP contribution in [0.2, 0.25) is 0 Å². The summed E-state index contributed by atoms with van der Waals surface area (Å²) in [5.41, 5.74) is 1.05. The first-order valence-electron chi connectivity index (χ1n) is 5.28. The fourth-order valence-corrected chi connectivity index (χ4v) is 2.32. The van der Waals surface area contributed by atoms with Gasteiger partial charge in [-0.3, -0.25) is 9.48 Å². The smallest absolute Gasteiger partial charge is 0.132 e. The minimum absolute atomic E-state index is 0.358. The Hall–Kier alpha value is -0.770. The highest BCUT2D eigenvalue weighted by molar-refractivity contribution is 7.99. The van der Waals surface area contributed by atoms with Crippen molar-refractivity contribution in [1.82, 2.24) is 9.78 Å². The maximum absolute atomic E-state index is 11.1. The third kappa shape index (κ3) is 4.08. The van der Waals surface area contributed by atoms with E-state index in [2.05, 4.69) is 11.2 Å². The topological polar surface area (TPSA) is 34.9 Å². The first-order chi connectivity index (χ1) is 7.13. The van der Waals surface area contributed by atoms with Crippen molar-refractivity contribution in [3.05, 3.63) is 11.8 Å². The molecule has 0 aliphatic carbocycles. The standard InChI is InChI=1S/C11H18N2OS/c1-4-10(14)6-5-7-15-11-8-9(2)12-13(11)3/h8H,4-7H2,1-3H3. The molecule has 3 nitrogen and oxygen atoms in total. The van der Waals surface area contributed by atoms with Crippen molar-refractivity contribution in [3.63, 3.8) is 0 Å². The van der Waals surface area contributed by atoms with Gasteiger partial charge in [0.25, 0.3) is 0 Å². The molecule has 1 aromatic heterocycles. The van der Waals surface area contributed by atoms with E-state index in [9.17, 15) is 4.79 Å². The van der Waals surface area contributed by atoms with Gasteiger partial charge in [0.2, 0.25) is 0 Å². The van der Waals surface area contributed by atoms with Crippen LogP contribution in [0.3, 0.4) is 0 Å². The SMILES string of the molecule is CCC(=O)CCCSc1cc(C)nn1C. The van der Waals surface area contributed by atoms with E-state index in [1.807, 2.05) is 25.6 Å². The highest BCUT2D eigenvalue weighted by Gasteiger charge is 2.03. The average molecular weight is 226 g/mol. The number of hydrogen-bond acceptors (Lipinski definition) is 3. The number of carbonyl (C=O) groups excluding carboxylic acids is 1. The third-order valence-corrected chi connectivity index (χ3v) is 3.37. The van der Waals surface area contributed by atoms with E-state index in [0.717, 1.165) is 17.9 Å². The molecule has 0 fully saturated rings. The van der Waals surface area contributed by atoms with Crippen LogP contribution in [0, 0.1) is 6.92 Å². The molecule has 0 saturated heterocycles. The summed E-state index contributed by atoms with van der Waals surface area (Å²) in [6.45, 7) is 3.91. The molecule has 1 heterocycles. The van der Waals surface area contributed by atoms with E-state index < -0.39 is 0 Å². The van der Waals surface area contributed by atoms with Crippen LogP contribution in [-0.4, -0.2) is 21.3 Å². The predicted molar refractivity (Wildman–Crippen MR) is 63.2 cm³/mol. The maximum Gasteiger partial charge on any atom is 0.132 e. The Morgan fingerprint density at radius 1 is 1.60 bits per heavy atom. The van der Waals surface area contributed by atoms with E-state index in [0.29, 0.717) is 18.6 Å². The van der Waals surface area contributed by atoms with Gasteiger partial charge >= 0.3 is 0 Å². The third-order valence-electron chi connectivity index (χ3n) is 2.20. The Morgan fingerprint density at radius 2 is 2.33 bits per heavy atom. The molecule has 15 heavy (non-hydrogen) atoms. The van der Waals surface area contributed by atoms with Crippen LogP contribution < -0.4 is 0 Å². The number of aromatic nitrogens is 2. The van der Waals surface area contributed by atoms with Crippen LogP contribution in [0.5, 0.6) is 0 Å². The number of nitrogens with zero attached hydrogens (tertiary/aromatic N) is 2. The van der Waals surface area contributed by atoms with Crippen LogP contribution in [0.4, 0.5) is 0 Å². The molecule has 0 aliphatic heterocycles. The quantitative estimate of drug-likeness (QED) is 0.552. The summed E-state index contributed by atoms with van der Waals surface area (Å²) in [7, 11) is 1.95. The lowest BCUT2D eigenvalue weighted by molar-refractivity contribution is -0.118. The number of hydrogen-bond donors (Lipinski definition) is 0. The molecule has 0 bridgehead atoms. The molecule has 0 saturated carbocycles. The van der Waals surface area contributed by atoms with E-state index in [4.69, 9.17) is 0 Å². The molecule has 0 atom stereocenters. The molecule has 1 aromatic rings. The van der Waals surface area contributed by atoms with Gasteiger partial charge in [-0.2, -0.15) is 5.10 Å². The summed E-state index contributed by atoms with van der Waals surface area (Å²) >= 11 is 1.77. The molecular formula is C11H18N2OS. The number of ketones is 1. The minimum Gasteiger partial charge on any atom is -0.300 e. The Morgan fingerprint density at radius 3 is 2.87 bits per heavy atom. The van der Waals surface area contributed by atoms with Gasteiger partial charge in [-0.1, -0.05) is 6.92 Å². The molecule has 84 valence electrons. The minimum atomic E-state index is 0.358. The molecule has 0 spiro atoms. The highest BCUT2D eigenvalue weighted by atomic mass is 32.2. The zero-order chi connectivity index (χ0) is 11.3. The summed E-state index contributed by atoms with van der Waals surface area (Å²) < 4.78 is 1.89. The maximum atomic E-state index is 11.1. The van der Waals surface area contributed by atoms with Crippen molar-refractivity contribution in [2.24, 2.45) is 7.05 Å². The first-order valence-corrected chi connectivity index (χ1v) is 6.27. The molecule has 4 heteroatoms. The van der Waals surface area contributed by atoms with E-state index >= 15 is 0 Å². The van der Waals surface area contributed by atoms with Crippen LogP contribution in [0.15, 0.2) is 11.1 Å². The number of rotatable bonds is 6. The predicted octanol–water partition coefficient (Wildman–Crippen LogP) is 2.58. The van der Waals surface area contributed by atoms with Crippen LogP contribution in [0.25, 0.3) is 0 Å². The van der Waals surface area contributed by atoms with Gasteiger partial charge in [0.15, 0.2) is 0 Å². The molecule has 1 rings (SSSR count). The van der Waals surface area contributed by atoms with Gasteiger partial charge in [0.05, 0.1) is 10.7 Å². The fraction of sp³-hybridized carbons (Fsp3) is 0.636. The van der Waals surface area contributed by atoms with Gasteiger partial charge in [-0.05, 0) is 25.2 Å². The van der Waals surface area contributed by atoms with E-state index in [1.54, 1.807) is 11.8 Å². The molecule has 0 aliphatic rings. The second-order valence-electron chi connectivity index (χ2n) is 3.59. The molecular weight excluding hydrogens is 208 g/mol. The molecule has 0 amide bonds. The van der Waals surface area contributed by atoms with Crippen LogP contribution in [0.1, 0.15) is 31.9 Å². The van der Waals surface area contributed by atoms with Crippen molar-refractivity contribution in [2.45, 2.75) is 38.1 Å². The first kappa shape index (κ1) is 12.3. The normalized spacial score (nSPS) is 10.6. The van der Waals surface area contributed by atoms with Gasteiger partial charge in [0, 0.05) is 19.9 Å². The summed E-state index contributed by atoms with van der Waals surface area (Å²) in [5, 5.41) is 5.45. The van der Waals surface area contributed by atoms with Crippen molar-refractivity contribution in [2.75, 3.05) is 5.75 Å². The molecule has 0 unspecified atom stereocenters. The Labute approximate surface area is 95.2 Å². The van der Waals surface area contributed by atoms with Crippen LogP contribution >= 0.6 is 11.8 Å². The van der Waals surface area contributed by atoms with Gasteiger partial charge in [-0.15, -0.1) is 11.8 Å². The second-order valence-corrected chi connectivity index (χ2v) is 4.71. The monoisotopic (exact) mass is 226 g/mol. The largest absolute Gasteiger partial charge is 0.300 e. The lowest BCUT2D eigenvalue weighted by Crippen LogP contribution is -1.97. The highest BCUT2D eigenvalue weighted by Crippen LogP contribution is 2.19. The van der Waals surface area contributed by atoms with Gasteiger partial charge < -0.3 is 0 Å². The number of carbonyl (C=O) groups is 1. The van der Waals surface area contributed by atoms with E-state index in [1.165, 1.54) is 5.03 Å². The fourth-order valence-electron chi connectivity index (χ4n) is 1.34. The van der Waals surface area contributed by atoms with E-state index in [-0.39, 0.29) is 0 Å². The summed E-state index contributed by atoms with van der Waals surface area (Å²) in [5.74, 6) is 1.35. The lowest BCUT2D eigenvalue weighted by Gasteiger charge is -2.00. The van der Waals surface area contributed by atoms with Crippen LogP contribution in [-0.2, 0) is 11.8 Å². The van der Waals surface area contributed by atoms with Gasteiger partial charge in [-0.25, -0.2) is 0 Å². The number of aryl methyl sites for hydroxylation is 2. The average Bonchev–Trinajstić information content (AvgIpc) is 2.52. The van der Waals surface area contributed by atoms with Crippen molar-refractivity contribution >= 4 is 17.5 Å². The summed E-state index contributed by atoms with van der Waals surface area (Å²) in [6, 6.07) is 2.08. The van der Waals surface area contributed by atoms with Gasteiger partial charge in [0.1, 0.15) is 5.78 Å².